The van der Waals surface area contributed by atoms with Gasteiger partial charge in [0.15, 0.2) is 0 Å². The Hall–Kier alpha value is -3.22. The molecule has 7 nitrogen and oxygen atoms in total. The van der Waals surface area contributed by atoms with Crippen LogP contribution in [0.2, 0.25) is 0 Å². The van der Waals surface area contributed by atoms with E-state index in [0.29, 0.717) is 31.9 Å². The van der Waals surface area contributed by atoms with E-state index < -0.39 is 5.97 Å². The van der Waals surface area contributed by atoms with E-state index in [1.807, 2.05) is 43.3 Å². The number of aryl methyl sites for hydroxylation is 1. The number of carboxylic acid groups (broad SMARTS) is 1. The van der Waals surface area contributed by atoms with Crippen molar-refractivity contribution in [1.82, 2.24) is 15.0 Å². The van der Waals surface area contributed by atoms with Crippen molar-refractivity contribution in [3.63, 3.8) is 0 Å². The average molecular weight is 363 g/mol. The maximum atomic E-state index is 11.2. The number of carbonyl (C=O) groups is 1. The van der Waals surface area contributed by atoms with Gasteiger partial charge in [-0.1, -0.05) is 18.2 Å². The number of nitrogens with one attached hydrogen (secondary N) is 1. The van der Waals surface area contributed by atoms with Crippen LogP contribution in [0.3, 0.4) is 0 Å². The number of aliphatic carboxylic acids is 1. The maximum Gasteiger partial charge on any atom is 0.306 e. The molecule has 1 aliphatic heterocycles. The van der Waals surface area contributed by atoms with Crippen molar-refractivity contribution in [3.05, 3.63) is 48.3 Å². The normalized spacial score (nSPS) is 15.1. The molecule has 2 N–H and O–H groups in total. The van der Waals surface area contributed by atoms with E-state index in [1.54, 1.807) is 6.20 Å². The van der Waals surface area contributed by atoms with E-state index in [0.717, 1.165) is 28.1 Å². The molecule has 1 saturated heterocycles. The molecular formula is C20H21N5O2. The summed E-state index contributed by atoms with van der Waals surface area (Å²) < 4.78 is 0. The van der Waals surface area contributed by atoms with Crippen molar-refractivity contribution >= 4 is 34.3 Å². The molecule has 0 atom stereocenters. The van der Waals surface area contributed by atoms with Crippen LogP contribution in [0.25, 0.3) is 10.9 Å². The molecule has 27 heavy (non-hydrogen) atoms. The van der Waals surface area contributed by atoms with Gasteiger partial charge in [0.2, 0.25) is 5.95 Å². The van der Waals surface area contributed by atoms with Crippen LogP contribution in [0.4, 0.5) is 17.5 Å². The molecule has 1 aromatic carbocycles. The van der Waals surface area contributed by atoms with E-state index in [9.17, 15) is 9.90 Å². The zero-order chi connectivity index (χ0) is 18.8. The highest BCUT2D eigenvalue weighted by molar-refractivity contribution is 5.91. The zero-order valence-corrected chi connectivity index (χ0v) is 15.1. The Morgan fingerprint density at radius 3 is 2.74 bits per heavy atom. The Kier molecular flexibility index (Phi) is 4.58. The van der Waals surface area contributed by atoms with E-state index in [4.69, 9.17) is 0 Å². The third-order valence-corrected chi connectivity index (χ3v) is 4.89. The lowest BCUT2D eigenvalue weighted by molar-refractivity contribution is -0.142. The topological polar surface area (TPSA) is 91.2 Å². The summed E-state index contributed by atoms with van der Waals surface area (Å²) in [6.07, 6.45) is 3.03. The SMILES string of the molecule is Cc1cc(N2CCC(C(=O)O)CC2)nc(Nc2cccc3cccnc23)n1. The molecule has 3 heterocycles. The highest BCUT2D eigenvalue weighted by Gasteiger charge is 2.25. The highest BCUT2D eigenvalue weighted by Crippen LogP contribution is 2.26. The zero-order valence-electron chi connectivity index (χ0n) is 15.1. The van der Waals surface area contributed by atoms with Gasteiger partial charge in [0.1, 0.15) is 5.82 Å². The molecule has 0 amide bonds. The van der Waals surface area contributed by atoms with Crippen LogP contribution in [0.1, 0.15) is 18.5 Å². The maximum absolute atomic E-state index is 11.2. The number of carboxylic acids is 1. The minimum Gasteiger partial charge on any atom is -0.481 e. The molecule has 4 rings (SSSR count). The molecule has 0 spiro atoms. The number of anilines is 3. The van der Waals surface area contributed by atoms with E-state index >= 15 is 0 Å². The molecule has 2 aromatic heterocycles. The number of hydrogen-bond acceptors (Lipinski definition) is 6. The summed E-state index contributed by atoms with van der Waals surface area (Å²) in [4.78, 5) is 26.9. The summed E-state index contributed by atoms with van der Waals surface area (Å²) in [6, 6.07) is 11.8. The molecule has 0 unspecified atom stereocenters. The Morgan fingerprint density at radius 1 is 1.19 bits per heavy atom. The lowest BCUT2D eigenvalue weighted by atomic mass is 9.97. The Bertz CT molecular complexity index is 978. The van der Waals surface area contributed by atoms with Crippen LogP contribution < -0.4 is 10.2 Å². The van der Waals surface area contributed by atoms with Crippen LogP contribution >= 0.6 is 0 Å². The average Bonchev–Trinajstić information content (AvgIpc) is 2.68. The lowest BCUT2D eigenvalue weighted by Gasteiger charge is -2.31. The minimum atomic E-state index is -0.709. The quantitative estimate of drug-likeness (QED) is 0.734. The Balaban J connectivity index is 1.59. The van der Waals surface area contributed by atoms with Gasteiger partial charge in [0.05, 0.1) is 17.1 Å². The molecule has 7 heteroatoms. The molecule has 0 radical (unpaired) electrons. The second kappa shape index (κ2) is 7.19. The van der Waals surface area contributed by atoms with Crippen LogP contribution in [0, 0.1) is 12.8 Å². The first-order valence-electron chi connectivity index (χ1n) is 9.04. The van der Waals surface area contributed by atoms with E-state index in [2.05, 4.69) is 25.2 Å². The van der Waals surface area contributed by atoms with Gasteiger partial charge in [-0.3, -0.25) is 9.78 Å². The Morgan fingerprint density at radius 2 is 1.96 bits per heavy atom. The summed E-state index contributed by atoms with van der Waals surface area (Å²) in [5.74, 6) is 0.369. The lowest BCUT2D eigenvalue weighted by Crippen LogP contribution is -2.36. The van der Waals surface area contributed by atoms with Crippen LogP contribution in [-0.4, -0.2) is 39.1 Å². The van der Waals surface area contributed by atoms with Crippen molar-refractivity contribution in [2.45, 2.75) is 19.8 Å². The fourth-order valence-corrected chi connectivity index (χ4v) is 3.45. The van der Waals surface area contributed by atoms with Crippen molar-refractivity contribution in [3.8, 4) is 0 Å². The smallest absolute Gasteiger partial charge is 0.306 e. The fraction of sp³-hybridized carbons (Fsp3) is 0.300. The minimum absolute atomic E-state index is 0.261. The fourth-order valence-electron chi connectivity index (χ4n) is 3.45. The molecule has 0 saturated carbocycles. The van der Waals surface area contributed by atoms with Crippen LogP contribution in [0.15, 0.2) is 42.6 Å². The molecule has 1 fully saturated rings. The van der Waals surface area contributed by atoms with Gasteiger partial charge in [-0.05, 0) is 31.9 Å². The summed E-state index contributed by atoms with van der Waals surface area (Å²) >= 11 is 0. The van der Waals surface area contributed by atoms with Crippen molar-refractivity contribution in [2.75, 3.05) is 23.3 Å². The van der Waals surface area contributed by atoms with Gasteiger partial charge in [0, 0.05) is 36.4 Å². The van der Waals surface area contributed by atoms with E-state index in [-0.39, 0.29) is 5.92 Å². The van der Waals surface area contributed by atoms with E-state index in [1.165, 1.54) is 0 Å². The largest absolute Gasteiger partial charge is 0.481 e. The third kappa shape index (κ3) is 3.67. The molecule has 0 bridgehead atoms. The Labute approximate surface area is 157 Å². The highest BCUT2D eigenvalue weighted by atomic mass is 16.4. The van der Waals surface area contributed by atoms with Gasteiger partial charge >= 0.3 is 5.97 Å². The summed E-state index contributed by atoms with van der Waals surface area (Å²) in [5, 5.41) is 13.5. The first kappa shape index (κ1) is 17.2. The molecule has 3 aromatic rings. The molecular weight excluding hydrogens is 342 g/mol. The third-order valence-electron chi connectivity index (χ3n) is 4.89. The van der Waals surface area contributed by atoms with Gasteiger partial charge in [-0.25, -0.2) is 4.98 Å². The van der Waals surface area contributed by atoms with Crippen molar-refractivity contribution in [2.24, 2.45) is 5.92 Å². The standard InChI is InChI=1S/C20H21N5O2/c1-13-12-17(25-10-7-15(8-11-25)19(26)27)24-20(22-13)23-16-6-2-4-14-5-3-9-21-18(14)16/h2-6,9,12,15H,7-8,10-11H2,1H3,(H,26,27)(H,22,23,24). The van der Waals surface area contributed by atoms with Crippen molar-refractivity contribution in [1.29, 1.82) is 0 Å². The number of nitrogens with zero attached hydrogens (tertiary/aromatic N) is 4. The number of para-hydroxylation sites is 1. The number of aromatic nitrogens is 3. The number of rotatable bonds is 4. The molecule has 138 valence electrons. The predicted molar refractivity (Wildman–Crippen MR) is 104 cm³/mol. The number of benzene rings is 1. The number of piperidine rings is 1. The number of fused-ring (bicyclic) bond motifs is 1. The number of hydrogen-bond donors (Lipinski definition) is 2. The molecule has 0 aliphatic carbocycles. The first-order chi connectivity index (χ1) is 13.1. The number of pyridine rings is 1. The van der Waals surface area contributed by atoms with Crippen LogP contribution in [-0.2, 0) is 4.79 Å². The van der Waals surface area contributed by atoms with Gasteiger partial charge in [-0.2, -0.15) is 4.98 Å². The summed E-state index contributed by atoms with van der Waals surface area (Å²) in [5.41, 5.74) is 2.58. The monoisotopic (exact) mass is 363 g/mol. The predicted octanol–water partition coefficient (Wildman–Crippen LogP) is 3.38. The van der Waals surface area contributed by atoms with Gasteiger partial charge in [-0.15, -0.1) is 0 Å². The summed E-state index contributed by atoms with van der Waals surface area (Å²) in [7, 11) is 0. The second-order valence-electron chi connectivity index (χ2n) is 6.80. The van der Waals surface area contributed by atoms with Gasteiger partial charge in [0.25, 0.3) is 0 Å². The van der Waals surface area contributed by atoms with Crippen LogP contribution in [0.5, 0.6) is 0 Å². The first-order valence-corrected chi connectivity index (χ1v) is 9.04. The second-order valence-corrected chi connectivity index (χ2v) is 6.80. The summed E-state index contributed by atoms with van der Waals surface area (Å²) in [6.45, 7) is 3.30. The van der Waals surface area contributed by atoms with Gasteiger partial charge < -0.3 is 15.3 Å². The van der Waals surface area contributed by atoms with Crippen molar-refractivity contribution < 1.29 is 9.90 Å². The molecule has 1 aliphatic rings.